The lowest BCUT2D eigenvalue weighted by Crippen LogP contribution is -2.66. The van der Waals surface area contributed by atoms with E-state index in [4.69, 9.17) is 105 Å². The van der Waals surface area contributed by atoms with Crippen molar-refractivity contribution in [3.63, 3.8) is 0 Å². The summed E-state index contributed by atoms with van der Waals surface area (Å²) in [5, 5.41) is 97.2. The number of hydrogen-bond donors (Lipinski definition) is 10. The van der Waals surface area contributed by atoms with Gasteiger partial charge < -0.3 is 152 Å². The standard InChI is InChI=1S/C68H115N13O30/c1-48(82)70-56-58(86)61(89)67(46-107-63(56)110-67)43-101-30-27-98-24-21-95-18-15-92-12-9-80-34-51(74-77-80)37-104-40-65(72-54(85)6-4-3-5-7-69,39-103-36-50-33-79(76-73-50)8-11-91-14-17-94-20-23-97-26-29-100-42-66-45-106-55(109-66)32-53(84)60(66)88)41-105-38-52-35-81(78-75-52)10-13-93-16-19-96-22-25-99-28-31-102-44-68-47-108-64(111-68)57(71-49(2)83)59(87)62(68)90/h33-35,53,55-64,84,86-90H,3-32,36-47,69H2,1-2H3,(H,70,82)(H,71,83)(H,72,85)/t53-,55+,56-,57-,58-,59-,60-,61-,62-,63+,64+,66+,67+,68+/m1/s1. The molecule has 11 N–H and O–H groups in total. The average Bonchev–Trinajstić information content (AvgIpc) is 1.63. The number of fused-ring (bicyclic) bond motifs is 6. The van der Waals surface area contributed by atoms with Crippen molar-refractivity contribution in [3.8, 4) is 0 Å². The van der Waals surface area contributed by atoms with Gasteiger partial charge in [-0.2, -0.15) is 0 Å². The van der Waals surface area contributed by atoms with E-state index in [-0.39, 0.29) is 143 Å². The maximum absolute atomic E-state index is 13.8. The van der Waals surface area contributed by atoms with Crippen LogP contribution in [-0.2, 0) is 153 Å². The molecular weight excluding hydrogens is 1480 g/mol. The van der Waals surface area contributed by atoms with Gasteiger partial charge in [0.05, 0.1) is 262 Å². The number of carbonyl (C=O) groups is 3. The van der Waals surface area contributed by atoms with Crippen LogP contribution in [-0.4, -0.2) is 388 Å². The van der Waals surface area contributed by atoms with Gasteiger partial charge in [-0.15, -0.1) is 15.3 Å². The Kier molecular flexibility index (Phi) is 38.5. The van der Waals surface area contributed by atoms with Crippen molar-refractivity contribution in [3.05, 3.63) is 35.7 Å². The lowest BCUT2D eigenvalue weighted by atomic mass is 9.88. The lowest BCUT2D eigenvalue weighted by molar-refractivity contribution is -0.238. The molecule has 43 heteroatoms. The van der Waals surface area contributed by atoms with Gasteiger partial charge in [-0.3, -0.25) is 14.4 Å². The zero-order valence-corrected chi connectivity index (χ0v) is 63.4. The first-order valence-electron chi connectivity index (χ1n) is 37.8. The summed E-state index contributed by atoms with van der Waals surface area (Å²) in [4.78, 5) is 37.0. The van der Waals surface area contributed by atoms with Crippen LogP contribution in [0.1, 0.15) is 63.0 Å². The van der Waals surface area contributed by atoms with E-state index in [0.29, 0.717) is 155 Å². The van der Waals surface area contributed by atoms with Crippen LogP contribution < -0.4 is 21.7 Å². The van der Waals surface area contributed by atoms with Crippen LogP contribution in [0.15, 0.2) is 18.6 Å². The van der Waals surface area contributed by atoms with Gasteiger partial charge in [-0.1, -0.05) is 22.1 Å². The molecule has 0 aromatic carbocycles. The maximum atomic E-state index is 13.8. The van der Waals surface area contributed by atoms with E-state index < -0.39 is 89.9 Å². The van der Waals surface area contributed by atoms with Crippen LogP contribution in [0.3, 0.4) is 0 Å². The fourth-order valence-electron chi connectivity index (χ4n) is 12.8. The summed E-state index contributed by atoms with van der Waals surface area (Å²) >= 11 is 0. The molecule has 43 nitrogen and oxygen atoms in total. The van der Waals surface area contributed by atoms with Gasteiger partial charge in [0.2, 0.25) is 17.7 Å². The highest BCUT2D eigenvalue weighted by Crippen LogP contribution is 2.40. The number of carbonyl (C=O) groups excluding carboxylic acids is 3. The first-order chi connectivity index (χ1) is 53.9. The first-order valence-corrected chi connectivity index (χ1v) is 37.8. The van der Waals surface area contributed by atoms with Gasteiger partial charge in [-0.05, 0) is 19.4 Å². The molecule has 6 fully saturated rings. The molecule has 3 aromatic heterocycles. The number of rotatable bonds is 62. The number of ether oxygens (including phenoxy) is 21. The Hall–Kier alpha value is -5.29. The zero-order chi connectivity index (χ0) is 78.6. The predicted octanol–water partition coefficient (Wildman–Crippen LogP) is -6.07. The van der Waals surface area contributed by atoms with Crippen molar-refractivity contribution in [1.82, 2.24) is 60.9 Å². The molecule has 14 atom stereocenters. The molecule has 6 bridgehead atoms. The van der Waals surface area contributed by atoms with E-state index in [0.717, 1.165) is 12.8 Å². The summed E-state index contributed by atoms with van der Waals surface area (Å²) in [5.74, 6) is -1.02. The minimum atomic E-state index is -1.34. The fourth-order valence-corrected chi connectivity index (χ4v) is 12.8. The number of nitrogens with one attached hydrogen (secondary N) is 3. The van der Waals surface area contributed by atoms with Crippen molar-refractivity contribution in [1.29, 1.82) is 0 Å². The average molecular weight is 1590 g/mol. The molecule has 0 saturated carbocycles. The SMILES string of the molecule is CC(=O)N[C@H]1[C@H]2OC[C@](COCCOCCOCCOCCn3cc(COCC(COCc4cn(CCOCCOCCOCCOC[C@@]56CO[C@@H](O5)[C@H](NC(C)=O)[C@@H](O)[C@H]6O)nn4)(COCc4cn(CCOCCOCCOCCOC[C@]56CO[C@H](C[C@@H](O)[C@H]5O)O6)nn4)NC(=O)CCCCCN)nn3)(O2)[C@H](O)[C@@H]1O. The molecule has 9 heterocycles. The molecule has 3 aromatic rings. The third-order valence-corrected chi connectivity index (χ3v) is 18.6. The van der Waals surface area contributed by atoms with E-state index in [1.165, 1.54) is 13.8 Å². The van der Waals surface area contributed by atoms with Crippen molar-refractivity contribution in [2.24, 2.45) is 5.73 Å². The number of nitrogens with two attached hydrogens (primary N) is 1. The number of hydrogen-bond acceptors (Lipinski definition) is 37. The Labute approximate surface area is 642 Å². The quantitative estimate of drug-likeness (QED) is 0.0235. The molecule has 3 amide bonds. The van der Waals surface area contributed by atoms with Gasteiger partial charge in [0.15, 0.2) is 18.9 Å². The van der Waals surface area contributed by atoms with Crippen molar-refractivity contribution < 1.29 is 144 Å². The predicted molar refractivity (Wildman–Crippen MR) is 374 cm³/mol. The molecule has 632 valence electrons. The first kappa shape index (κ1) is 89.6. The summed E-state index contributed by atoms with van der Waals surface area (Å²) < 4.78 is 126. The lowest BCUT2D eigenvalue weighted by Gasteiger charge is -2.42. The minimum Gasteiger partial charge on any atom is -0.390 e. The normalized spacial score (nSPS) is 27.3. The van der Waals surface area contributed by atoms with E-state index in [1.54, 1.807) is 32.6 Å². The maximum Gasteiger partial charge on any atom is 0.220 e. The number of aliphatic hydroxyl groups is 6. The van der Waals surface area contributed by atoms with Gasteiger partial charge >= 0.3 is 0 Å². The second-order valence-electron chi connectivity index (χ2n) is 27.7. The highest BCUT2D eigenvalue weighted by atomic mass is 16.8. The molecule has 111 heavy (non-hydrogen) atoms. The molecule has 0 spiro atoms. The zero-order valence-electron chi connectivity index (χ0n) is 63.4. The number of unbranched alkanes of at least 4 members (excludes halogenated alkanes) is 2. The molecule has 9 rings (SSSR count). The molecule has 6 aliphatic heterocycles. The highest BCUT2D eigenvalue weighted by Gasteiger charge is 2.61. The molecule has 6 saturated heterocycles. The van der Waals surface area contributed by atoms with E-state index in [2.05, 4.69) is 46.9 Å². The molecular formula is C68H115N13O30. The van der Waals surface area contributed by atoms with Gasteiger partial charge in [0, 0.05) is 26.7 Å². The monoisotopic (exact) mass is 1590 g/mol. The Morgan fingerprint density at radius 2 is 0.802 bits per heavy atom. The van der Waals surface area contributed by atoms with Crippen LogP contribution in [0, 0.1) is 0 Å². The smallest absolute Gasteiger partial charge is 0.220 e. The second kappa shape index (κ2) is 47.7. The van der Waals surface area contributed by atoms with Crippen molar-refractivity contribution in [2.45, 2.75) is 175 Å². The Balaban J connectivity index is 0.663. The fraction of sp³-hybridized carbons (Fsp3) is 0.868. The third-order valence-electron chi connectivity index (χ3n) is 18.6. The summed E-state index contributed by atoms with van der Waals surface area (Å²) in [6, 6.07) is -1.80. The van der Waals surface area contributed by atoms with E-state index >= 15 is 0 Å². The topological polar surface area (TPSA) is 521 Å². The Bertz CT molecular complexity index is 2990. The molecule has 0 aliphatic carbocycles. The third kappa shape index (κ3) is 28.8. The van der Waals surface area contributed by atoms with Gasteiger partial charge in [0.25, 0.3) is 0 Å². The molecule has 0 unspecified atom stereocenters. The largest absolute Gasteiger partial charge is 0.390 e. The number of aromatic nitrogens is 9. The molecule has 0 radical (unpaired) electrons. The number of aliphatic hydroxyl groups excluding tert-OH is 6. The van der Waals surface area contributed by atoms with Crippen molar-refractivity contribution in [2.75, 3.05) is 205 Å². The van der Waals surface area contributed by atoms with Gasteiger partial charge in [0.1, 0.15) is 82.0 Å². The van der Waals surface area contributed by atoms with E-state index in [1.807, 2.05) is 0 Å². The van der Waals surface area contributed by atoms with Crippen LogP contribution >= 0.6 is 0 Å². The van der Waals surface area contributed by atoms with Crippen LogP contribution in [0.2, 0.25) is 0 Å². The minimum absolute atomic E-state index is 0.00675. The van der Waals surface area contributed by atoms with Gasteiger partial charge in [-0.25, -0.2) is 14.0 Å². The summed E-state index contributed by atoms with van der Waals surface area (Å²) in [5.41, 5.74) is 2.49. The Morgan fingerprint density at radius 3 is 1.16 bits per heavy atom. The second-order valence-corrected chi connectivity index (χ2v) is 27.7. The number of nitrogens with zero attached hydrogens (tertiary/aromatic N) is 9. The number of amides is 3. The van der Waals surface area contributed by atoms with Crippen LogP contribution in [0.5, 0.6) is 0 Å². The molecule has 6 aliphatic rings. The van der Waals surface area contributed by atoms with Crippen LogP contribution in [0.4, 0.5) is 0 Å². The summed E-state index contributed by atoms with van der Waals surface area (Å²) in [7, 11) is 0. The highest BCUT2D eigenvalue weighted by molar-refractivity contribution is 5.77. The summed E-state index contributed by atoms with van der Waals surface area (Å²) in [6.07, 6.45) is -1.85. The van der Waals surface area contributed by atoms with E-state index in [9.17, 15) is 45.0 Å². The van der Waals surface area contributed by atoms with Crippen LogP contribution in [0.25, 0.3) is 0 Å². The summed E-state index contributed by atoms with van der Waals surface area (Å²) in [6.45, 7) is 10.5. The Morgan fingerprint density at radius 1 is 0.459 bits per heavy atom. The van der Waals surface area contributed by atoms with Crippen molar-refractivity contribution >= 4 is 17.7 Å².